The van der Waals surface area contributed by atoms with Crippen LogP contribution in [0.4, 0.5) is 5.69 Å². The van der Waals surface area contributed by atoms with Crippen LogP contribution in [0.25, 0.3) is 11.3 Å². The SMILES string of the molecule is CCc1ccc(N2C(=S)NC(c3ccccn3)C2c2ccc(-c3ccc(Br)cc3)o2)cc1. The molecular weight excluding hydrogens is 482 g/mol. The molecule has 5 rings (SSSR count). The molecule has 2 unspecified atom stereocenters. The minimum atomic E-state index is -0.158. The van der Waals surface area contributed by atoms with Gasteiger partial charge in [-0.2, -0.15) is 0 Å². The Labute approximate surface area is 201 Å². The number of aromatic nitrogens is 1. The maximum atomic E-state index is 6.41. The average molecular weight is 504 g/mol. The average Bonchev–Trinajstić information content (AvgIpc) is 3.45. The van der Waals surface area contributed by atoms with Crippen LogP contribution in [0, 0.1) is 0 Å². The lowest BCUT2D eigenvalue weighted by Gasteiger charge is -2.26. The minimum Gasteiger partial charge on any atom is -0.459 e. The number of furan rings is 1. The predicted octanol–water partition coefficient (Wildman–Crippen LogP) is 6.84. The van der Waals surface area contributed by atoms with Gasteiger partial charge in [0, 0.05) is 21.9 Å². The maximum Gasteiger partial charge on any atom is 0.174 e. The molecule has 0 spiro atoms. The summed E-state index contributed by atoms with van der Waals surface area (Å²) in [4.78, 5) is 6.74. The molecule has 1 aliphatic rings. The summed E-state index contributed by atoms with van der Waals surface area (Å²) in [5.74, 6) is 1.66. The topological polar surface area (TPSA) is 41.3 Å². The van der Waals surface area contributed by atoms with Crippen molar-refractivity contribution in [2.45, 2.75) is 25.4 Å². The van der Waals surface area contributed by atoms with Gasteiger partial charge in [0.25, 0.3) is 0 Å². The lowest BCUT2D eigenvalue weighted by Crippen LogP contribution is -2.29. The van der Waals surface area contributed by atoms with Gasteiger partial charge in [-0.05, 0) is 72.7 Å². The highest BCUT2D eigenvalue weighted by atomic mass is 79.9. The number of thiocarbonyl (C=S) groups is 1. The Hall–Kier alpha value is -2.96. The molecular formula is C26H22BrN3OS. The molecule has 1 saturated heterocycles. The van der Waals surface area contributed by atoms with E-state index in [1.165, 1.54) is 5.56 Å². The van der Waals surface area contributed by atoms with Crippen LogP contribution in [0.3, 0.4) is 0 Å². The molecule has 160 valence electrons. The van der Waals surface area contributed by atoms with Crippen molar-refractivity contribution in [3.05, 3.63) is 107 Å². The number of anilines is 1. The molecule has 0 amide bonds. The number of nitrogens with one attached hydrogen (secondary N) is 1. The number of pyridine rings is 1. The fraction of sp³-hybridized carbons (Fsp3) is 0.154. The number of halogens is 1. The lowest BCUT2D eigenvalue weighted by atomic mass is 10.0. The van der Waals surface area contributed by atoms with Crippen LogP contribution < -0.4 is 10.2 Å². The summed E-state index contributed by atoms with van der Waals surface area (Å²) in [6, 6.07) is 26.4. The van der Waals surface area contributed by atoms with Crippen molar-refractivity contribution in [3.63, 3.8) is 0 Å². The molecule has 0 radical (unpaired) electrons. The summed E-state index contributed by atoms with van der Waals surface area (Å²) in [6.07, 6.45) is 2.81. The summed E-state index contributed by atoms with van der Waals surface area (Å²) in [6.45, 7) is 2.16. The third-order valence-corrected chi connectivity index (χ3v) is 6.61. The van der Waals surface area contributed by atoms with Crippen LogP contribution in [0.5, 0.6) is 0 Å². The number of rotatable bonds is 5. The van der Waals surface area contributed by atoms with Crippen LogP contribution in [0.2, 0.25) is 0 Å². The minimum absolute atomic E-state index is 0.126. The smallest absolute Gasteiger partial charge is 0.174 e. The van der Waals surface area contributed by atoms with Gasteiger partial charge in [-0.3, -0.25) is 4.98 Å². The second-order valence-corrected chi connectivity index (χ2v) is 9.03. The molecule has 0 aliphatic carbocycles. The zero-order valence-electron chi connectivity index (χ0n) is 17.5. The second-order valence-electron chi connectivity index (χ2n) is 7.73. The van der Waals surface area contributed by atoms with E-state index in [4.69, 9.17) is 16.6 Å². The number of hydrogen-bond donors (Lipinski definition) is 1. The fourth-order valence-electron chi connectivity index (χ4n) is 4.10. The van der Waals surface area contributed by atoms with Gasteiger partial charge in [0.1, 0.15) is 17.6 Å². The van der Waals surface area contributed by atoms with E-state index in [2.05, 4.69) is 62.3 Å². The molecule has 4 aromatic rings. The third kappa shape index (κ3) is 3.96. The van der Waals surface area contributed by atoms with E-state index >= 15 is 0 Å². The van der Waals surface area contributed by atoms with E-state index in [1.807, 2.05) is 60.8 Å². The van der Waals surface area contributed by atoms with E-state index < -0.39 is 0 Å². The van der Waals surface area contributed by atoms with Crippen LogP contribution >= 0.6 is 28.1 Å². The van der Waals surface area contributed by atoms with E-state index in [9.17, 15) is 0 Å². The molecule has 6 heteroatoms. The summed E-state index contributed by atoms with van der Waals surface area (Å²) in [5, 5.41) is 4.14. The molecule has 2 aromatic carbocycles. The standard InChI is InChI=1S/C26H22BrN3OS/c1-2-17-6-12-20(13-7-17)30-25(24(29-26(30)32)21-5-3-4-16-28-21)23-15-14-22(31-23)18-8-10-19(27)11-9-18/h3-16,24-25H,2H2,1H3,(H,29,32). The zero-order chi connectivity index (χ0) is 22.1. The van der Waals surface area contributed by atoms with Crippen molar-refractivity contribution < 1.29 is 4.42 Å². The van der Waals surface area contributed by atoms with Gasteiger partial charge in [0.15, 0.2) is 5.11 Å². The van der Waals surface area contributed by atoms with Crippen LogP contribution in [-0.4, -0.2) is 10.1 Å². The van der Waals surface area contributed by atoms with Gasteiger partial charge >= 0.3 is 0 Å². The Bertz CT molecular complexity index is 1220. The molecule has 0 saturated carbocycles. The monoisotopic (exact) mass is 503 g/mol. The van der Waals surface area contributed by atoms with E-state index in [1.54, 1.807) is 0 Å². The van der Waals surface area contributed by atoms with Crippen molar-refractivity contribution in [2.24, 2.45) is 0 Å². The number of aryl methyl sites for hydroxylation is 1. The Balaban J connectivity index is 1.57. The highest BCUT2D eigenvalue weighted by Gasteiger charge is 2.42. The first-order chi connectivity index (χ1) is 15.6. The molecule has 1 aliphatic heterocycles. The Morgan fingerprint density at radius 1 is 1.00 bits per heavy atom. The second kappa shape index (κ2) is 8.88. The lowest BCUT2D eigenvalue weighted by molar-refractivity contribution is 0.439. The largest absolute Gasteiger partial charge is 0.459 e. The predicted molar refractivity (Wildman–Crippen MR) is 136 cm³/mol. The number of hydrogen-bond acceptors (Lipinski definition) is 3. The van der Waals surface area contributed by atoms with Crippen molar-refractivity contribution in [2.75, 3.05) is 4.90 Å². The van der Waals surface area contributed by atoms with Crippen LogP contribution in [0.15, 0.2) is 93.9 Å². The number of nitrogens with zero attached hydrogens (tertiary/aromatic N) is 2. The quantitative estimate of drug-likeness (QED) is 0.301. The third-order valence-electron chi connectivity index (χ3n) is 5.77. The van der Waals surface area contributed by atoms with Crippen molar-refractivity contribution >= 4 is 38.9 Å². The fourth-order valence-corrected chi connectivity index (χ4v) is 4.71. The Morgan fingerprint density at radius 3 is 2.47 bits per heavy atom. The molecule has 3 heterocycles. The molecule has 1 N–H and O–H groups in total. The van der Waals surface area contributed by atoms with Gasteiger partial charge in [-0.25, -0.2) is 0 Å². The molecule has 2 aromatic heterocycles. The first-order valence-corrected chi connectivity index (χ1v) is 11.8. The van der Waals surface area contributed by atoms with Gasteiger partial charge in [-0.15, -0.1) is 0 Å². The molecule has 4 nitrogen and oxygen atoms in total. The van der Waals surface area contributed by atoms with Crippen molar-refractivity contribution in [1.29, 1.82) is 0 Å². The summed E-state index contributed by atoms with van der Waals surface area (Å²) in [7, 11) is 0. The summed E-state index contributed by atoms with van der Waals surface area (Å²) >= 11 is 9.29. The van der Waals surface area contributed by atoms with Crippen LogP contribution in [-0.2, 0) is 6.42 Å². The zero-order valence-corrected chi connectivity index (χ0v) is 19.9. The van der Waals surface area contributed by atoms with Crippen molar-refractivity contribution in [1.82, 2.24) is 10.3 Å². The van der Waals surface area contributed by atoms with Crippen molar-refractivity contribution in [3.8, 4) is 11.3 Å². The van der Waals surface area contributed by atoms with E-state index in [0.717, 1.165) is 39.4 Å². The molecule has 2 atom stereocenters. The van der Waals surface area contributed by atoms with Gasteiger partial charge in [0.2, 0.25) is 0 Å². The number of benzene rings is 2. The van der Waals surface area contributed by atoms with E-state index in [-0.39, 0.29) is 12.1 Å². The van der Waals surface area contributed by atoms with Gasteiger partial charge < -0.3 is 14.6 Å². The van der Waals surface area contributed by atoms with Gasteiger partial charge in [0.05, 0.1) is 11.7 Å². The van der Waals surface area contributed by atoms with Gasteiger partial charge in [-0.1, -0.05) is 53.2 Å². The first kappa shape index (κ1) is 20.9. The highest BCUT2D eigenvalue weighted by molar-refractivity contribution is 9.10. The van der Waals surface area contributed by atoms with E-state index in [0.29, 0.717) is 5.11 Å². The molecule has 32 heavy (non-hydrogen) atoms. The Morgan fingerprint density at radius 2 is 1.78 bits per heavy atom. The Kier molecular flexibility index (Phi) is 5.81. The highest BCUT2D eigenvalue weighted by Crippen LogP contribution is 2.43. The van der Waals surface area contributed by atoms with Crippen LogP contribution in [0.1, 0.15) is 36.0 Å². The maximum absolute atomic E-state index is 6.41. The normalized spacial score (nSPS) is 18.1. The summed E-state index contributed by atoms with van der Waals surface area (Å²) < 4.78 is 7.44. The first-order valence-electron chi connectivity index (χ1n) is 10.6. The molecule has 1 fully saturated rings. The molecule has 0 bridgehead atoms. The summed E-state index contributed by atoms with van der Waals surface area (Å²) in [5.41, 5.74) is 4.28.